The predicted octanol–water partition coefficient (Wildman–Crippen LogP) is 4.51. The second-order valence-electron chi connectivity index (χ2n) is 4.12. The first-order valence-electron chi connectivity index (χ1n) is 5.31. The summed E-state index contributed by atoms with van der Waals surface area (Å²) in [4.78, 5) is 20.4. The molecule has 1 fully saturated rings. The highest BCUT2D eigenvalue weighted by Crippen LogP contribution is 2.42. The van der Waals surface area contributed by atoms with Crippen LogP contribution in [0.4, 0.5) is 0 Å². The number of thiophene rings is 1. The Kier molecular flexibility index (Phi) is 3.68. The fourth-order valence-electron chi connectivity index (χ4n) is 1.68. The minimum atomic E-state index is -0.0388. The van der Waals surface area contributed by atoms with Crippen molar-refractivity contribution >= 4 is 65.8 Å². The molecule has 18 heavy (non-hydrogen) atoms. The van der Waals surface area contributed by atoms with Crippen LogP contribution < -0.4 is 5.56 Å². The van der Waals surface area contributed by atoms with Gasteiger partial charge in [0.15, 0.2) is 5.82 Å². The van der Waals surface area contributed by atoms with Gasteiger partial charge in [0.25, 0.3) is 5.56 Å². The molecule has 0 spiro atoms. The van der Waals surface area contributed by atoms with Crippen molar-refractivity contribution in [3.05, 3.63) is 33.9 Å². The number of aromatic nitrogens is 2. The van der Waals surface area contributed by atoms with Crippen molar-refractivity contribution in [1.82, 2.24) is 9.97 Å². The lowest BCUT2D eigenvalue weighted by Gasteiger charge is -2.03. The van der Waals surface area contributed by atoms with Crippen molar-refractivity contribution in [3.8, 4) is 10.7 Å². The Morgan fingerprint density at radius 2 is 2.17 bits per heavy atom. The minimum absolute atomic E-state index is 0.0388. The number of H-pyrrole nitrogens is 1. The standard InChI is InChI=1S/C11H7Br2IN2OS/c12-5-3-6(18-9(5)13)10-15-8(4-1-2-4)7(14)11(17)16-10/h3-4H,1-2H2,(H,15,16,17). The van der Waals surface area contributed by atoms with Crippen LogP contribution in [0, 0.1) is 3.57 Å². The van der Waals surface area contributed by atoms with Crippen LogP contribution in [0.25, 0.3) is 10.7 Å². The predicted molar refractivity (Wildman–Crippen MR) is 88.3 cm³/mol. The number of hydrogen-bond acceptors (Lipinski definition) is 3. The minimum Gasteiger partial charge on any atom is -0.305 e. The van der Waals surface area contributed by atoms with Crippen LogP contribution in [0.3, 0.4) is 0 Å². The van der Waals surface area contributed by atoms with Crippen molar-refractivity contribution in [3.63, 3.8) is 0 Å². The highest BCUT2D eigenvalue weighted by Gasteiger charge is 2.29. The van der Waals surface area contributed by atoms with Gasteiger partial charge < -0.3 is 4.98 Å². The molecule has 0 atom stereocenters. The molecule has 0 saturated heterocycles. The molecular weight excluding hydrogens is 495 g/mol. The summed E-state index contributed by atoms with van der Waals surface area (Å²) in [7, 11) is 0. The van der Waals surface area contributed by atoms with E-state index in [1.807, 2.05) is 6.07 Å². The van der Waals surface area contributed by atoms with Crippen LogP contribution in [-0.2, 0) is 0 Å². The fraction of sp³-hybridized carbons (Fsp3) is 0.273. The molecule has 2 heterocycles. The van der Waals surface area contributed by atoms with Crippen LogP contribution >= 0.6 is 65.8 Å². The zero-order valence-corrected chi connectivity index (χ0v) is 15.1. The maximum Gasteiger partial charge on any atom is 0.264 e. The molecule has 0 aliphatic heterocycles. The lowest BCUT2D eigenvalue weighted by atomic mass is 10.3. The lowest BCUT2D eigenvalue weighted by Crippen LogP contribution is -2.15. The van der Waals surface area contributed by atoms with E-state index >= 15 is 0 Å². The van der Waals surface area contributed by atoms with Crippen molar-refractivity contribution in [1.29, 1.82) is 0 Å². The van der Waals surface area contributed by atoms with E-state index in [9.17, 15) is 4.79 Å². The smallest absolute Gasteiger partial charge is 0.264 e. The summed E-state index contributed by atoms with van der Waals surface area (Å²) < 4.78 is 2.72. The van der Waals surface area contributed by atoms with E-state index in [4.69, 9.17) is 0 Å². The Labute approximate surface area is 138 Å². The average Bonchev–Trinajstić information content (AvgIpc) is 3.10. The quantitative estimate of drug-likeness (QED) is 0.616. The van der Waals surface area contributed by atoms with Gasteiger partial charge >= 0.3 is 0 Å². The van der Waals surface area contributed by atoms with Gasteiger partial charge in [-0.25, -0.2) is 4.98 Å². The first-order chi connectivity index (χ1) is 8.56. The van der Waals surface area contributed by atoms with Crippen LogP contribution in [0.1, 0.15) is 24.5 Å². The zero-order chi connectivity index (χ0) is 12.9. The van der Waals surface area contributed by atoms with E-state index in [1.54, 1.807) is 11.3 Å². The van der Waals surface area contributed by atoms with E-state index < -0.39 is 0 Å². The summed E-state index contributed by atoms with van der Waals surface area (Å²) in [5.74, 6) is 1.14. The summed E-state index contributed by atoms with van der Waals surface area (Å²) >= 11 is 10.5. The Hall–Kier alpha value is 0.270. The number of nitrogens with zero attached hydrogens (tertiary/aromatic N) is 1. The molecule has 0 bridgehead atoms. The Balaban J connectivity index is 2.15. The number of nitrogens with one attached hydrogen (secondary N) is 1. The van der Waals surface area contributed by atoms with Gasteiger partial charge in [-0.3, -0.25) is 4.79 Å². The summed E-state index contributed by atoms with van der Waals surface area (Å²) in [6.45, 7) is 0. The molecule has 1 N–H and O–H groups in total. The molecule has 1 aliphatic rings. The number of hydrogen-bond donors (Lipinski definition) is 1. The molecule has 0 radical (unpaired) electrons. The van der Waals surface area contributed by atoms with Crippen molar-refractivity contribution in [2.24, 2.45) is 0 Å². The van der Waals surface area contributed by atoms with Gasteiger partial charge in [-0.05, 0) is 73.4 Å². The third kappa shape index (κ3) is 2.46. The van der Waals surface area contributed by atoms with Crippen LogP contribution in [0.5, 0.6) is 0 Å². The van der Waals surface area contributed by atoms with Gasteiger partial charge in [0.1, 0.15) is 3.57 Å². The molecule has 7 heteroatoms. The van der Waals surface area contributed by atoms with Gasteiger partial charge in [-0.15, -0.1) is 11.3 Å². The van der Waals surface area contributed by atoms with Crippen LogP contribution in [0.2, 0.25) is 0 Å². The Morgan fingerprint density at radius 1 is 1.44 bits per heavy atom. The molecule has 0 amide bonds. The monoisotopic (exact) mass is 500 g/mol. The molecule has 0 unspecified atom stereocenters. The number of aromatic amines is 1. The number of halogens is 3. The molecule has 1 aliphatic carbocycles. The van der Waals surface area contributed by atoms with Gasteiger partial charge in [0, 0.05) is 10.4 Å². The second kappa shape index (κ2) is 4.99. The van der Waals surface area contributed by atoms with E-state index in [-0.39, 0.29) is 5.56 Å². The van der Waals surface area contributed by atoms with Gasteiger partial charge in [-0.2, -0.15) is 0 Å². The van der Waals surface area contributed by atoms with E-state index in [0.29, 0.717) is 11.7 Å². The normalized spacial score (nSPS) is 15.1. The van der Waals surface area contributed by atoms with Crippen LogP contribution in [-0.4, -0.2) is 9.97 Å². The second-order valence-corrected chi connectivity index (χ2v) is 8.42. The summed E-state index contributed by atoms with van der Waals surface area (Å²) in [6, 6.07) is 1.97. The van der Waals surface area contributed by atoms with E-state index in [0.717, 1.165) is 35.2 Å². The molecule has 0 aromatic carbocycles. The lowest BCUT2D eigenvalue weighted by molar-refractivity contribution is 0.960. The van der Waals surface area contributed by atoms with E-state index in [2.05, 4.69) is 64.4 Å². The zero-order valence-electron chi connectivity index (χ0n) is 8.97. The first-order valence-corrected chi connectivity index (χ1v) is 8.79. The molecule has 94 valence electrons. The fourth-order valence-corrected chi connectivity index (χ4v) is 4.36. The van der Waals surface area contributed by atoms with E-state index in [1.165, 1.54) is 0 Å². The van der Waals surface area contributed by atoms with Crippen LogP contribution in [0.15, 0.2) is 19.1 Å². The van der Waals surface area contributed by atoms with Gasteiger partial charge in [-0.1, -0.05) is 0 Å². The molecule has 3 rings (SSSR count). The maximum absolute atomic E-state index is 11.9. The first kappa shape index (κ1) is 13.3. The third-order valence-corrected chi connectivity index (χ3v) is 7.04. The van der Waals surface area contributed by atoms with Crippen molar-refractivity contribution in [2.75, 3.05) is 0 Å². The average molecular weight is 502 g/mol. The molecule has 1 saturated carbocycles. The SMILES string of the molecule is O=c1[nH]c(-c2cc(Br)c(Br)s2)nc(C2CC2)c1I. The van der Waals surface area contributed by atoms with Gasteiger partial charge in [0.05, 0.1) is 14.4 Å². The topological polar surface area (TPSA) is 45.8 Å². The molecule has 2 aromatic rings. The Morgan fingerprint density at radius 3 is 2.72 bits per heavy atom. The third-order valence-electron chi connectivity index (χ3n) is 2.73. The number of rotatable bonds is 2. The highest BCUT2D eigenvalue weighted by molar-refractivity contribution is 14.1. The molecule has 2 aromatic heterocycles. The largest absolute Gasteiger partial charge is 0.305 e. The summed E-state index contributed by atoms with van der Waals surface area (Å²) in [5, 5.41) is 0. The summed E-state index contributed by atoms with van der Waals surface area (Å²) in [5.41, 5.74) is 0.915. The molecule has 3 nitrogen and oxygen atoms in total. The van der Waals surface area contributed by atoms with Crippen molar-refractivity contribution < 1.29 is 0 Å². The highest BCUT2D eigenvalue weighted by atomic mass is 127. The maximum atomic E-state index is 11.9. The van der Waals surface area contributed by atoms with Gasteiger partial charge in [0.2, 0.25) is 0 Å². The Bertz CT molecular complexity index is 659. The van der Waals surface area contributed by atoms with Crippen molar-refractivity contribution in [2.45, 2.75) is 18.8 Å². The molecular formula is C11H7Br2IN2OS. The summed E-state index contributed by atoms with van der Waals surface area (Å²) in [6.07, 6.45) is 2.29.